The minimum atomic E-state index is -4.14. The number of hydrogen-bond acceptors (Lipinski definition) is 2. The lowest BCUT2D eigenvalue weighted by Gasteiger charge is -2.10. The highest BCUT2D eigenvalue weighted by molar-refractivity contribution is 7.99. The number of nitrogen functional groups attached to an aromatic ring is 1. The van der Waals surface area contributed by atoms with Crippen LogP contribution in [0.1, 0.15) is 11.1 Å². The van der Waals surface area contributed by atoms with Crippen LogP contribution in [-0.4, -0.2) is 11.9 Å². The van der Waals surface area contributed by atoms with Crippen molar-refractivity contribution in [3.63, 3.8) is 0 Å². The fourth-order valence-electron chi connectivity index (χ4n) is 1.16. The lowest BCUT2D eigenvalue weighted by Crippen LogP contribution is -2.10. The summed E-state index contributed by atoms with van der Waals surface area (Å²) in [5.74, 6) is -0.879. The Morgan fingerprint density at radius 2 is 1.80 bits per heavy atom. The molecule has 0 aromatic heterocycles. The summed E-state index contributed by atoms with van der Waals surface area (Å²) in [5.41, 5.74) is 7.89. The fraction of sp³-hybridized carbons (Fsp3) is 0.400. The quantitative estimate of drug-likeness (QED) is 0.626. The van der Waals surface area contributed by atoms with Gasteiger partial charge in [0.1, 0.15) is 0 Å². The van der Waals surface area contributed by atoms with Crippen LogP contribution < -0.4 is 5.73 Å². The van der Waals surface area contributed by atoms with E-state index in [0.717, 1.165) is 22.9 Å². The molecule has 0 atom stereocenters. The van der Waals surface area contributed by atoms with Crippen LogP contribution in [0.5, 0.6) is 0 Å². The molecule has 1 nitrogen and oxygen atoms in total. The Kier molecular flexibility index (Phi) is 3.54. The molecule has 0 bridgehead atoms. The summed E-state index contributed by atoms with van der Waals surface area (Å²) in [6.45, 7) is 3.62. The van der Waals surface area contributed by atoms with E-state index in [4.69, 9.17) is 5.73 Å². The minimum absolute atomic E-state index is 0.533. The normalized spacial score (nSPS) is 11.8. The predicted octanol–water partition coefficient (Wildman–Crippen LogP) is 3.54. The lowest BCUT2D eigenvalue weighted by atomic mass is 10.1. The Bertz CT molecular complexity index is 360. The zero-order valence-electron chi connectivity index (χ0n) is 8.48. The molecule has 0 spiro atoms. The van der Waals surface area contributed by atoms with Crippen molar-refractivity contribution in [2.24, 2.45) is 0 Å². The fourth-order valence-corrected chi connectivity index (χ4v) is 1.98. The van der Waals surface area contributed by atoms with Crippen molar-refractivity contribution in [3.8, 4) is 0 Å². The third-order valence-corrected chi connectivity index (χ3v) is 3.18. The van der Waals surface area contributed by atoms with E-state index in [1.54, 1.807) is 19.1 Å². The molecule has 1 aromatic rings. The first-order valence-electron chi connectivity index (χ1n) is 4.36. The second-order valence-electron chi connectivity index (χ2n) is 3.38. The summed E-state index contributed by atoms with van der Waals surface area (Å²) in [6.07, 6.45) is -4.14. The minimum Gasteiger partial charge on any atom is -0.398 e. The van der Waals surface area contributed by atoms with Crippen molar-refractivity contribution in [1.82, 2.24) is 0 Å². The van der Waals surface area contributed by atoms with E-state index < -0.39 is 11.9 Å². The zero-order valence-corrected chi connectivity index (χ0v) is 9.30. The van der Waals surface area contributed by atoms with Gasteiger partial charge in [-0.25, -0.2) is 0 Å². The molecule has 0 heterocycles. The standard InChI is InChI=1S/C10H12F3NS/c1-6-3-7(2)9(4-8(6)14)15-5-10(11,12)13/h3-4H,5,14H2,1-2H3. The van der Waals surface area contributed by atoms with Gasteiger partial charge in [-0.15, -0.1) is 11.8 Å². The molecule has 0 radical (unpaired) electrons. The van der Waals surface area contributed by atoms with Gasteiger partial charge in [-0.05, 0) is 31.0 Å². The number of nitrogens with two attached hydrogens (primary N) is 1. The monoisotopic (exact) mass is 235 g/mol. The third kappa shape index (κ3) is 3.66. The van der Waals surface area contributed by atoms with Gasteiger partial charge in [-0.2, -0.15) is 13.2 Å². The van der Waals surface area contributed by atoms with E-state index in [1.807, 2.05) is 6.92 Å². The number of rotatable bonds is 2. The van der Waals surface area contributed by atoms with Gasteiger partial charge < -0.3 is 5.73 Å². The maximum absolute atomic E-state index is 12.0. The maximum atomic E-state index is 12.0. The number of benzene rings is 1. The zero-order chi connectivity index (χ0) is 11.6. The Balaban J connectivity index is 2.82. The largest absolute Gasteiger partial charge is 0.398 e. The molecule has 2 N–H and O–H groups in total. The summed E-state index contributed by atoms with van der Waals surface area (Å²) in [5, 5.41) is 0. The van der Waals surface area contributed by atoms with E-state index in [1.165, 1.54) is 0 Å². The molecule has 0 saturated carbocycles. The number of halogens is 3. The molecule has 0 aliphatic carbocycles. The highest BCUT2D eigenvalue weighted by Crippen LogP contribution is 2.31. The van der Waals surface area contributed by atoms with Gasteiger partial charge in [-0.3, -0.25) is 0 Å². The maximum Gasteiger partial charge on any atom is 0.398 e. The SMILES string of the molecule is Cc1cc(C)c(SCC(F)(F)F)cc1N. The second kappa shape index (κ2) is 4.35. The molecule has 0 unspecified atom stereocenters. The molecule has 0 aliphatic heterocycles. The number of thioether (sulfide) groups is 1. The highest BCUT2D eigenvalue weighted by Gasteiger charge is 2.27. The molecule has 0 aliphatic rings. The molecule has 1 aromatic carbocycles. The van der Waals surface area contributed by atoms with Crippen LogP contribution in [-0.2, 0) is 0 Å². The molecule has 0 amide bonds. The Hall–Kier alpha value is -0.840. The first-order valence-corrected chi connectivity index (χ1v) is 5.34. The van der Waals surface area contributed by atoms with Crippen molar-refractivity contribution in [3.05, 3.63) is 23.3 Å². The van der Waals surface area contributed by atoms with Crippen molar-refractivity contribution in [1.29, 1.82) is 0 Å². The topological polar surface area (TPSA) is 26.0 Å². The molecule has 84 valence electrons. The first-order chi connectivity index (χ1) is 6.79. The first kappa shape index (κ1) is 12.2. The highest BCUT2D eigenvalue weighted by atomic mass is 32.2. The molecule has 0 fully saturated rings. The Labute approximate surface area is 90.9 Å². The van der Waals surface area contributed by atoms with Crippen LogP contribution in [0, 0.1) is 13.8 Å². The van der Waals surface area contributed by atoms with Crippen molar-refractivity contribution < 1.29 is 13.2 Å². The average Bonchev–Trinajstić information content (AvgIpc) is 2.07. The summed E-state index contributed by atoms with van der Waals surface area (Å²) in [4.78, 5) is 0.593. The summed E-state index contributed by atoms with van der Waals surface area (Å²) < 4.78 is 36.0. The van der Waals surface area contributed by atoms with E-state index in [0.29, 0.717) is 10.6 Å². The summed E-state index contributed by atoms with van der Waals surface area (Å²) in [7, 11) is 0. The van der Waals surface area contributed by atoms with Crippen LogP contribution in [0.15, 0.2) is 17.0 Å². The molecule has 15 heavy (non-hydrogen) atoms. The van der Waals surface area contributed by atoms with Gasteiger partial charge in [0.25, 0.3) is 0 Å². The van der Waals surface area contributed by atoms with Gasteiger partial charge in [0.2, 0.25) is 0 Å². The van der Waals surface area contributed by atoms with Crippen molar-refractivity contribution in [2.75, 3.05) is 11.5 Å². The van der Waals surface area contributed by atoms with Crippen molar-refractivity contribution >= 4 is 17.4 Å². The van der Waals surface area contributed by atoms with Crippen LogP contribution in [0.3, 0.4) is 0 Å². The summed E-state index contributed by atoms with van der Waals surface area (Å²) in [6, 6.07) is 3.40. The number of hydrogen-bond donors (Lipinski definition) is 1. The van der Waals surface area contributed by atoms with Gasteiger partial charge in [0.05, 0.1) is 5.75 Å². The number of alkyl halides is 3. The molecular weight excluding hydrogens is 223 g/mol. The van der Waals surface area contributed by atoms with E-state index >= 15 is 0 Å². The molecular formula is C10H12F3NS. The number of anilines is 1. The third-order valence-electron chi connectivity index (χ3n) is 1.95. The molecule has 0 saturated heterocycles. The van der Waals surface area contributed by atoms with E-state index in [-0.39, 0.29) is 0 Å². The average molecular weight is 235 g/mol. The number of aryl methyl sites for hydroxylation is 2. The smallest absolute Gasteiger partial charge is 0.398 e. The predicted molar refractivity (Wildman–Crippen MR) is 57.1 cm³/mol. The van der Waals surface area contributed by atoms with E-state index in [2.05, 4.69) is 0 Å². The van der Waals surface area contributed by atoms with Crippen LogP contribution in [0.2, 0.25) is 0 Å². The molecule has 1 rings (SSSR count). The van der Waals surface area contributed by atoms with Gasteiger partial charge in [0.15, 0.2) is 0 Å². The van der Waals surface area contributed by atoms with Crippen molar-refractivity contribution in [2.45, 2.75) is 24.9 Å². The Morgan fingerprint density at radius 3 is 2.33 bits per heavy atom. The molecule has 5 heteroatoms. The second-order valence-corrected chi connectivity index (χ2v) is 4.40. The van der Waals surface area contributed by atoms with Crippen LogP contribution in [0.4, 0.5) is 18.9 Å². The van der Waals surface area contributed by atoms with E-state index in [9.17, 15) is 13.2 Å². The summed E-state index contributed by atoms with van der Waals surface area (Å²) >= 11 is 0.772. The van der Waals surface area contributed by atoms with Gasteiger partial charge >= 0.3 is 6.18 Å². The Morgan fingerprint density at radius 1 is 1.20 bits per heavy atom. The van der Waals surface area contributed by atoms with Gasteiger partial charge in [0, 0.05) is 10.6 Å². The van der Waals surface area contributed by atoms with Crippen LogP contribution in [0.25, 0.3) is 0 Å². The lowest BCUT2D eigenvalue weighted by molar-refractivity contribution is -0.105. The van der Waals surface area contributed by atoms with Gasteiger partial charge in [-0.1, -0.05) is 6.07 Å². The van der Waals surface area contributed by atoms with Crippen LogP contribution >= 0.6 is 11.8 Å².